The number of hydrogen-bond acceptors (Lipinski definition) is 3. The zero-order valence-electron chi connectivity index (χ0n) is 10.3. The van der Waals surface area contributed by atoms with Gasteiger partial charge in [-0.15, -0.1) is 0 Å². The van der Waals surface area contributed by atoms with Crippen molar-refractivity contribution in [3.63, 3.8) is 0 Å². The highest BCUT2D eigenvalue weighted by Gasteiger charge is 2.24. The first-order chi connectivity index (χ1) is 8.56. The number of carbonyl (C=O) groups is 1. The summed E-state index contributed by atoms with van der Waals surface area (Å²) in [6, 6.07) is 1.77. The van der Waals surface area contributed by atoms with Gasteiger partial charge >= 0.3 is 6.09 Å². The van der Waals surface area contributed by atoms with Gasteiger partial charge in [-0.05, 0) is 37.3 Å². The molecule has 0 spiro atoms. The van der Waals surface area contributed by atoms with Crippen molar-refractivity contribution in [3.05, 3.63) is 35.7 Å². The number of nitrogens with two attached hydrogens (primary N) is 1. The number of carboxylic acid groups (broad SMARTS) is 1. The summed E-state index contributed by atoms with van der Waals surface area (Å²) in [5, 5.41) is 11.3. The second-order valence-corrected chi connectivity index (χ2v) is 4.71. The van der Waals surface area contributed by atoms with E-state index in [1.165, 1.54) is 5.57 Å². The molecule has 0 unspecified atom stereocenters. The van der Waals surface area contributed by atoms with E-state index in [0.29, 0.717) is 5.69 Å². The molecule has 0 fully saturated rings. The first-order valence-electron chi connectivity index (χ1n) is 5.92. The largest absolute Gasteiger partial charge is 0.465 e. The minimum Gasteiger partial charge on any atom is -0.465 e. The number of nitrogen functional groups attached to an aromatic ring is 1. The Morgan fingerprint density at radius 2 is 2.39 bits per heavy atom. The summed E-state index contributed by atoms with van der Waals surface area (Å²) in [6.07, 6.45) is 5.99. The lowest BCUT2D eigenvalue weighted by molar-refractivity contribution is 0.190. The van der Waals surface area contributed by atoms with Crippen molar-refractivity contribution in [2.24, 2.45) is 0 Å². The summed E-state index contributed by atoms with van der Waals surface area (Å²) in [5.74, 6) is 0.245. The molecule has 1 amide bonds. The molecule has 1 aromatic rings. The van der Waals surface area contributed by atoms with E-state index < -0.39 is 6.09 Å². The summed E-state index contributed by atoms with van der Waals surface area (Å²) in [6.45, 7) is 2.01. The van der Waals surface area contributed by atoms with E-state index in [-0.39, 0.29) is 12.0 Å². The fourth-order valence-electron chi connectivity index (χ4n) is 2.54. The molecule has 0 saturated heterocycles. The number of amides is 1. The lowest BCUT2D eigenvalue weighted by atomic mass is 9.82. The molecule has 5 nitrogen and oxygen atoms in total. The summed E-state index contributed by atoms with van der Waals surface area (Å²) < 4.78 is 0. The Bertz CT molecular complexity index is 485. The van der Waals surface area contributed by atoms with Gasteiger partial charge < -0.3 is 16.2 Å². The van der Waals surface area contributed by atoms with Crippen LogP contribution in [0.3, 0.4) is 0 Å². The molecule has 2 atom stereocenters. The molecule has 0 aliphatic heterocycles. The number of nitrogens with zero attached hydrogens (tertiary/aromatic N) is 1. The van der Waals surface area contributed by atoms with Gasteiger partial charge in [-0.3, -0.25) is 4.98 Å². The van der Waals surface area contributed by atoms with Crippen LogP contribution in [0.1, 0.15) is 31.2 Å². The molecule has 4 N–H and O–H groups in total. The van der Waals surface area contributed by atoms with Gasteiger partial charge in [0, 0.05) is 6.20 Å². The van der Waals surface area contributed by atoms with Crippen molar-refractivity contribution in [3.8, 4) is 0 Å². The van der Waals surface area contributed by atoms with Gasteiger partial charge in [-0.2, -0.15) is 0 Å². The van der Waals surface area contributed by atoms with Crippen molar-refractivity contribution in [2.45, 2.75) is 31.7 Å². The van der Waals surface area contributed by atoms with Crippen molar-refractivity contribution in [1.29, 1.82) is 0 Å². The van der Waals surface area contributed by atoms with Gasteiger partial charge in [0.05, 0.1) is 17.9 Å². The molecule has 0 bridgehead atoms. The number of anilines is 1. The molecule has 96 valence electrons. The van der Waals surface area contributed by atoms with Crippen molar-refractivity contribution in [2.75, 3.05) is 5.73 Å². The molecule has 1 heterocycles. The van der Waals surface area contributed by atoms with E-state index in [0.717, 1.165) is 18.4 Å². The van der Waals surface area contributed by atoms with Crippen LogP contribution in [0.25, 0.3) is 0 Å². The molecule has 1 aromatic heterocycles. The van der Waals surface area contributed by atoms with E-state index in [4.69, 9.17) is 10.8 Å². The normalized spacial score (nSPS) is 23.3. The van der Waals surface area contributed by atoms with E-state index in [1.54, 1.807) is 12.4 Å². The highest BCUT2D eigenvalue weighted by molar-refractivity contribution is 5.65. The van der Waals surface area contributed by atoms with Crippen LogP contribution >= 0.6 is 0 Å². The fourth-order valence-corrected chi connectivity index (χ4v) is 2.54. The Hall–Kier alpha value is -2.04. The topological polar surface area (TPSA) is 88.2 Å². The number of pyridine rings is 1. The lowest BCUT2D eigenvalue weighted by Crippen LogP contribution is -2.35. The van der Waals surface area contributed by atoms with Crippen molar-refractivity contribution in [1.82, 2.24) is 10.3 Å². The highest BCUT2D eigenvalue weighted by atomic mass is 16.4. The van der Waals surface area contributed by atoms with Crippen LogP contribution < -0.4 is 11.1 Å². The third kappa shape index (κ3) is 2.80. The first-order valence-corrected chi connectivity index (χ1v) is 5.92. The molecule has 0 aromatic carbocycles. The predicted octanol–water partition coefficient (Wildman–Crippen LogP) is 2.12. The van der Waals surface area contributed by atoms with E-state index in [2.05, 4.69) is 10.3 Å². The Morgan fingerprint density at radius 1 is 1.61 bits per heavy atom. The molecule has 1 aliphatic rings. The average molecular weight is 247 g/mol. The van der Waals surface area contributed by atoms with Crippen LogP contribution in [-0.4, -0.2) is 22.2 Å². The maximum absolute atomic E-state index is 10.7. The SMILES string of the molecule is CC1=C[C@@H](NC(=O)O)C[C@@H](c2ccncc2N)C1. The van der Waals surface area contributed by atoms with Crippen LogP contribution in [0.4, 0.5) is 10.5 Å². The maximum Gasteiger partial charge on any atom is 0.405 e. The summed E-state index contributed by atoms with van der Waals surface area (Å²) >= 11 is 0. The second kappa shape index (κ2) is 5.08. The van der Waals surface area contributed by atoms with Gasteiger partial charge in [0.1, 0.15) is 0 Å². The van der Waals surface area contributed by atoms with Gasteiger partial charge in [-0.25, -0.2) is 4.79 Å². The minimum atomic E-state index is -0.993. The summed E-state index contributed by atoms with van der Waals surface area (Å²) in [5.41, 5.74) is 8.83. The van der Waals surface area contributed by atoms with Gasteiger partial charge in [0.15, 0.2) is 0 Å². The van der Waals surface area contributed by atoms with Gasteiger partial charge in [-0.1, -0.05) is 11.6 Å². The second-order valence-electron chi connectivity index (χ2n) is 4.71. The van der Waals surface area contributed by atoms with Gasteiger partial charge in [0.25, 0.3) is 0 Å². The monoisotopic (exact) mass is 247 g/mol. The molecule has 2 rings (SSSR count). The number of rotatable bonds is 2. The zero-order chi connectivity index (χ0) is 13.1. The van der Waals surface area contributed by atoms with Crippen molar-refractivity contribution >= 4 is 11.8 Å². The lowest BCUT2D eigenvalue weighted by Gasteiger charge is -2.28. The fraction of sp³-hybridized carbons (Fsp3) is 0.385. The summed E-state index contributed by atoms with van der Waals surface area (Å²) in [7, 11) is 0. The third-order valence-corrected chi connectivity index (χ3v) is 3.23. The Balaban J connectivity index is 2.19. The quantitative estimate of drug-likeness (QED) is 0.698. The Kier molecular flexibility index (Phi) is 3.50. The molecular weight excluding hydrogens is 230 g/mol. The van der Waals surface area contributed by atoms with Crippen LogP contribution in [0.15, 0.2) is 30.1 Å². The number of hydrogen-bond donors (Lipinski definition) is 3. The molecule has 1 aliphatic carbocycles. The standard InChI is InChI=1S/C13H17N3O2/c1-8-4-9(6-10(5-8)16-13(17)18)11-2-3-15-7-12(11)14/h2-3,5,7,9-10,16H,4,6,14H2,1H3,(H,17,18)/t9-,10+/m0/s1. The molecule has 5 heteroatoms. The van der Waals surface area contributed by atoms with Crippen LogP contribution in [0.2, 0.25) is 0 Å². The van der Waals surface area contributed by atoms with Crippen molar-refractivity contribution < 1.29 is 9.90 Å². The summed E-state index contributed by atoms with van der Waals surface area (Å²) in [4.78, 5) is 14.7. The molecule has 0 radical (unpaired) electrons. The minimum absolute atomic E-state index is 0.145. The average Bonchev–Trinajstić information content (AvgIpc) is 2.27. The van der Waals surface area contributed by atoms with E-state index >= 15 is 0 Å². The number of nitrogens with one attached hydrogen (secondary N) is 1. The highest BCUT2D eigenvalue weighted by Crippen LogP contribution is 2.35. The zero-order valence-corrected chi connectivity index (χ0v) is 10.3. The van der Waals surface area contributed by atoms with E-state index in [1.807, 2.05) is 19.1 Å². The van der Waals surface area contributed by atoms with Crippen LogP contribution in [0, 0.1) is 0 Å². The predicted molar refractivity (Wildman–Crippen MR) is 69.3 cm³/mol. The van der Waals surface area contributed by atoms with Crippen LogP contribution in [-0.2, 0) is 0 Å². The van der Waals surface area contributed by atoms with E-state index in [9.17, 15) is 4.79 Å². The maximum atomic E-state index is 10.7. The Labute approximate surface area is 106 Å². The Morgan fingerprint density at radius 3 is 3.06 bits per heavy atom. The first kappa shape index (κ1) is 12.4. The number of allylic oxidation sites excluding steroid dienone is 1. The molecule has 0 saturated carbocycles. The smallest absolute Gasteiger partial charge is 0.405 e. The van der Waals surface area contributed by atoms with Gasteiger partial charge in [0.2, 0.25) is 0 Å². The third-order valence-electron chi connectivity index (χ3n) is 3.23. The molecule has 18 heavy (non-hydrogen) atoms. The van der Waals surface area contributed by atoms with Crippen LogP contribution in [0.5, 0.6) is 0 Å². The number of aromatic nitrogens is 1. The molecular formula is C13H17N3O2.